The van der Waals surface area contributed by atoms with Crippen molar-refractivity contribution in [2.45, 2.75) is 45.7 Å². The minimum Gasteiger partial charge on any atom is -0.334 e. The van der Waals surface area contributed by atoms with Crippen LogP contribution in [0.15, 0.2) is 41.6 Å². The minimum absolute atomic E-state index is 0.0191. The van der Waals surface area contributed by atoms with E-state index < -0.39 is 0 Å². The zero-order chi connectivity index (χ0) is 21.3. The molecule has 1 aliphatic rings. The number of aryl methyl sites for hydroxylation is 3. The Hall–Kier alpha value is -3.29. The summed E-state index contributed by atoms with van der Waals surface area (Å²) in [5, 5.41) is 4.20. The number of hydrogen-bond donors (Lipinski definition) is 0. The van der Waals surface area contributed by atoms with E-state index in [1.54, 1.807) is 16.2 Å². The second kappa shape index (κ2) is 8.22. The molecule has 8 heteroatoms. The van der Waals surface area contributed by atoms with Crippen LogP contribution in [0.1, 0.15) is 42.4 Å². The molecule has 1 atom stereocenters. The highest BCUT2D eigenvalue weighted by Crippen LogP contribution is 2.32. The van der Waals surface area contributed by atoms with Crippen LogP contribution in [0.4, 0.5) is 0 Å². The van der Waals surface area contributed by atoms with Crippen molar-refractivity contribution in [2.24, 2.45) is 7.05 Å². The fourth-order valence-electron chi connectivity index (χ4n) is 4.11. The predicted molar refractivity (Wildman–Crippen MR) is 113 cm³/mol. The van der Waals surface area contributed by atoms with E-state index in [0.29, 0.717) is 12.2 Å². The van der Waals surface area contributed by atoms with E-state index in [9.17, 15) is 9.59 Å². The molecule has 0 N–H and O–H groups in total. The zero-order valence-corrected chi connectivity index (χ0v) is 17.6. The van der Waals surface area contributed by atoms with Crippen molar-refractivity contribution < 1.29 is 4.79 Å². The van der Waals surface area contributed by atoms with Gasteiger partial charge in [0.05, 0.1) is 17.9 Å². The molecule has 0 radical (unpaired) electrons. The molecule has 0 spiro atoms. The Morgan fingerprint density at radius 3 is 2.70 bits per heavy atom. The molecule has 3 aromatic heterocycles. The molecule has 8 nitrogen and oxygen atoms in total. The molecule has 3 aromatic rings. The Kier molecular flexibility index (Phi) is 5.48. The molecule has 0 aliphatic carbocycles. The van der Waals surface area contributed by atoms with Crippen LogP contribution in [0.2, 0.25) is 0 Å². The fourth-order valence-corrected chi connectivity index (χ4v) is 4.11. The van der Waals surface area contributed by atoms with E-state index in [2.05, 4.69) is 15.1 Å². The van der Waals surface area contributed by atoms with Gasteiger partial charge in [0.25, 0.3) is 0 Å². The number of nitrogens with zero attached hydrogens (tertiary/aromatic N) is 6. The topological polar surface area (TPSA) is 85.9 Å². The third-order valence-corrected chi connectivity index (χ3v) is 5.63. The number of carbonyl (C=O) groups is 1. The minimum atomic E-state index is -0.300. The Balaban J connectivity index is 1.45. The summed E-state index contributed by atoms with van der Waals surface area (Å²) in [5.41, 5.74) is 4.14. The average Bonchev–Trinajstić information content (AvgIpc) is 3.36. The van der Waals surface area contributed by atoms with Crippen molar-refractivity contribution in [3.8, 4) is 11.1 Å². The van der Waals surface area contributed by atoms with Gasteiger partial charge in [0.2, 0.25) is 5.91 Å². The van der Waals surface area contributed by atoms with E-state index in [1.807, 2.05) is 55.7 Å². The zero-order valence-electron chi connectivity index (χ0n) is 17.6. The van der Waals surface area contributed by atoms with Crippen LogP contribution in [0.5, 0.6) is 0 Å². The number of pyridine rings is 1. The largest absolute Gasteiger partial charge is 0.347 e. The van der Waals surface area contributed by atoms with Gasteiger partial charge < -0.3 is 4.90 Å². The van der Waals surface area contributed by atoms with Gasteiger partial charge in [-0.1, -0.05) is 6.07 Å². The summed E-state index contributed by atoms with van der Waals surface area (Å²) in [6, 6.07) is 5.87. The van der Waals surface area contributed by atoms with Crippen LogP contribution < -0.4 is 5.69 Å². The Morgan fingerprint density at radius 2 is 2.03 bits per heavy atom. The molecule has 4 heterocycles. The summed E-state index contributed by atoms with van der Waals surface area (Å²) in [4.78, 5) is 35.6. The van der Waals surface area contributed by atoms with E-state index in [-0.39, 0.29) is 24.1 Å². The lowest BCUT2D eigenvalue weighted by atomic mass is 10.1. The number of aromatic nitrogens is 5. The lowest BCUT2D eigenvalue weighted by Crippen LogP contribution is -2.33. The molecule has 1 amide bonds. The number of carbonyl (C=O) groups excluding carboxylic acids is 1. The standard InChI is InChI=1S/C22H26N6O2/c1-15-11-16(2)27(22(30)25-15)10-8-21(29)28-9-4-5-20(28)19-7-6-17(12-23-19)18-13-24-26(3)14-18/h6-7,11-14,20H,4-5,8-10H2,1-3H3. The molecule has 1 saturated heterocycles. The lowest BCUT2D eigenvalue weighted by molar-refractivity contribution is -0.132. The van der Waals surface area contributed by atoms with Crippen molar-refractivity contribution in [2.75, 3.05) is 6.54 Å². The van der Waals surface area contributed by atoms with E-state index in [4.69, 9.17) is 0 Å². The lowest BCUT2D eigenvalue weighted by Gasteiger charge is -2.25. The van der Waals surface area contributed by atoms with E-state index >= 15 is 0 Å². The first kappa shape index (κ1) is 20.0. The van der Waals surface area contributed by atoms with Crippen LogP contribution in [-0.4, -0.2) is 41.7 Å². The summed E-state index contributed by atoms with van der Waals surface area (Å²) >= 11 is 0. The van der Waals surface area contributed by atoms with Gasteiger partial charge in [0.15, 0.2) is 0 Å². The quantitative estimate of drug-likeness (QED) is 0.650. The molecule has 0 saturated carbocycles. The molecule has 1 fully saturated rings. The van der Waals surface area contributed by atoms with Crippen LogP contribution in [0.25, 0.3) is 11.1 Å². The smallest absolute Gasteiger partial charge is 0.334 e. The monoisotopic (exact) mass is 406 g/mol. The van der Waals surface area contributed by atoms with Crippen molar-refractivity contribution in [1.29, 1.82) is 0 Å². The van der Waals surface area contributed by atoms with Gasteiger partial charge in [-0.3, -0.25) is 19.0 Å². The Morgan fingerprint density at radius 1 is 1.20 bits per heavy atom. The third-order valence-electron chi connectivity index (χ3n) is 5.63. The normalized spacial score (nSPS) is 16.2. The predicted octanol–water partition coefficient (Wildman–Crippen LogP) is 2.41. The van der Waals surface area contributed by atoms with Crippen LogP contribution in [-0.2, 0) is 18.4 Å². The summed E-state index contributed by atoms with van der Waals surface area (Å²) < 4.78 is 3.33. The molecule has 30 heavy (non-hydrogen) atoms. The first-order valence-corrected chi connectivity index (χ1v) is 10.2. The number of likely N-dealkylation sites (tertiary alicyclic amines) is 1. The maximum absolute atomic E-state index is 12.9. The maximum atomic E-state index is 12.9. The van der Waals surface area contributed by atoms with Gasteiger partial charge >= 0.3 is 5.69 Å². The van der Waals surface area contributed by atoms with Gasteiger partial charge in [0, 0.05) is 61.5 Å². The molecule has 4 rings (SSSR count). The van der Waals surface area contributed by atoms with Crippen molar-refractivity contribution in [1.82, 2.24) is 29.2 Å². The average molecular weight is 406 g/mol. The van der Waals surface area contributed by atoms with Gasteiger partial charge in [-0.15, -0.1) is 0 Å². The van der Waals surface area contributed by atoms with Gasteiger partial charge in [-0.25, -0.2) is 4.79 Å². The number of hydrogen-bond acceptors (Lipinski definition) is 5. The summed E-state index contributed by atoms with van der Waals surface area (Å²) in [6.45, 7) is 4.72. The van der Waals surface area contributed by atoms with Gasteiger partial charge in [-0.2, -0.15) is 10.1 Å². The Labute approximate surface area is 175 Å². The fraction of sp³-hybridized carbons (Fsp3) is 0.409. The Bertz CT molecular complexity index is 1120. The second-order valence-electron chi connectivity index (χ2n) is 7.84. The maximum Gasteiger partial charge on any atom is 0.347 e. The van der Waals surface area contributed by atoms with Crippen LogP contribution in [0, 0.1) is 13.8 Å². The molecular weight excluding hydrogens is 380 g/mol. The van der Waals surface area contributed by atoms with Gasteiger partial charge in [0.1, 0.15) is 0 Å². The summed E-state index contributed by atoms with van der Waals surface area (Å²) in [6.07, 6.45) is 7.73. The van der Waals surface area contributed by atoms with Crippen molar-refractivity contribution in [3.05, 3.63) is 64.4 Å². The second-order valence-corrected chi connectivity index (χ2v) is 7.84. The molecule has 0 bridgehead atoms. The summed E-state index contributed by atoms with van der Waals surface area (Å²) in [5.74, 6) is 0.0440. The van der Waals surface area contributed by atoms with Crippen molar-refractivity contribution >= 4 is 5.91 Å². The highest BCUT2D eigenvalue weighted by molar-refractivity contribution is 5.77. The molecule has 156 valence electrons. The number of amides is 1. The van der Waals surface area contributed by atoms with Crippen LogP contribution >= 0.6 is 0 Å². The van der Waals surface area contributed by atoms with Crippen LogP contribution in [0.3, 0.4) is 0 Å². The first-order chi connectivity index (χ1) is 14.4. The summed E-state index contributed by atoms with van der Waals surface area (Å²) in [7, 11) is 1.88. The molecular formula is C22H26N6O2. The number of rotatable bonds is 5. The van der Waals surface area contributed by atoms with E-state index in [0.717, 1.165) is 41.9 Å². The highest BCUT2D eigenvalue weighted by Gasteiger charge is 2.30. The van der Waals surface area contributed by atoms with Crippen molar-refractivity contribution in [3.63, 3.8) is 0 Å². The third kappa shape index (κ3) is 4.03. The highest BCUT2D eigenvalue weighted by atomic mass is 16.2. The molecule has 1 aliphatic heterocycles. The van der Waals surface area contributed by atoms with E-state index in [1.165, 1.54) is 0 Å². The first-order valence-electron chi connectivity index (χ1n) is 10.2. The SMILES string of the molecule is Cc1cc(C)n(CCC(=O)N2CCCC2c2ccc(-c3cnn(C)c3)cn2)c(=O)n1. The molecule has 0 aromatic carbocycles. The van der Waals surface area contributed by atoms with Gasteiger partial charge in [-0.05, 0) is 38.8 Å². The molecule has 1 unspecified atom stereocenters.